The third kappa shape index (κ3) is 3.36. The van der Waals surface area contributed by atoms with Crippen molar-refractivity contribution in [2.24, 2.45) is 0 Å². The SMILES string of the molecule is O=C(NCc1ccc(-n2cccn2)cc1)c1cc(-c2cccs2)[nH]n1. The van der Waals surface area contributed by atoms with Crippen molar-refractivity contribution in [2.75, 3.05) is 0 Å². The van der Waals surface area contributed by atoms with Gasteiger partial charge in [-0.15, -0.1) is 11.3 Å². The highest BCUT2D eigenvalue weighted by Gasteiger charge is 2.11. The highest BCUT2D eigenvalue weighted by atomic mass is 32.1. The third-order valence-electron chi connectivity index (χ3n) is 3.76. The van der Waals surface area contributed by atoms with Crippen LogP contribution in [0.15, 0.2) is 66.3 Å². The first kappa shape index (κ1) is 15.3. The fraction of sp³-hybridized carbons (Fsp3) is 0.0556. The molecule has 0 unspecified atom stereocenters. The van der Waals surface area contributed by atoms with E-state index in [1.165, 1.54) is 0 Å². The van der Waals surface area contributed by atoms with Crippen LogP contribution in [0.2, 0.25) is 0 Å². The Hall–Kier alpha value is -3.19. The minimum atomic E-state index is -0.199. The van der Waals surface area contributed by atoms with Crippen LogP contribution in [-0.2, 0) is 6.54 Å². The average molecular weight is 349 g/mol. The first-order valence-corrected chi connectivity index (χ1v) is 8.64. The van der Waals surface area contributed by atoms with Gasteiger partial charge in [0.2, 0.25) is 0 Å². The summed E-state index contributed by atoms with van der Waals surface area (Å²) in [5, 5.41) is 16.1. The monoisotopic (exact) mass is 349 g/mol. The summed E-state index contributed by atoms with van der Waals surface area (Å²) in [7, 11) is 0. The molecule has 0 spiro atoms. The van der Waals surface area contributed by atoms with E-state index < -0.39 is 0 Å². The van der Waals surface area contributed by atoms with Gasteiger partial charge in [-0.25, -0.2) is 4.68 Å². The predicted octanol–water partition coefficient (Wildman–Crippen LogP) is 3.25. The summed E-state index contributed by atoms with van der Waals surface area (Å²) in [5.41, 5.74) is 3.23. The van der Waals surface area contributed by atoms with Gasteiger partial charge in [-0.1, -0.05) is 18.2 Å². The topological polar surface area (TPSA) is 75.6 Å². The van der Waals surface area contributed by atoms with Crippen LogP contribution in [0.1, 0.15) is 16.1 Å². The average Bonchev–Trinajstić information content (AvgIpc) is 3.42. The summed E-state index contributed by atoms with van der Waals surface area (Å²) in [6, 6.07) is 15.5. The molecule has 4 rings (SSSR count). The molecule has 2 N–H and O–H groups in total. The zero-order chi connectivity index (χ0) is 17.1. The Morgan fingerprint density at radius 2 is 2.08 bits per heavy atom. The van der Waals surface area contributed by atoms with Gasteiger partial charge in [0.15, 0.2) is 5.69 Å². The molecule has 0 saturated heterocycles. The van der Waals surface area contributed by atoms with Gasteiger partial charge in [0.05, 0.1) is 16.3 Å². The molecule has 1 amide bonds. The van der Waals surface area contributed by atoms with Crippen molar-refractivity contribution in [3.63, 3.8) is 0 Å². The van der Waals surface area contributed by atoms with Gasteiger partial charge in [0.1, 0.15) is 0 Å². The molecule has 6 nitrogen and oxygen atoms in total. The number of aromatic nitrogens is 4. The Balaban J connectivity index is 1.39. The zero-order valence-corrected chi connectivity index (χ0v) is 14.0. The molecule has 7 heteroatoms. The number of aromatic amines is 1. The molecule has 0 bridgehead atoms. The Kier molecular flexibility index (Phi) is 4.14. The molecule has 0 aliphatic carbocycles. The van der Waals surface area contributed by atoms with E-state index in [1.54, 1.807) is 28.3 Å². The maximum atomic E-state index is 12.3. The number of H-pyrrole nitrogens is 1. The largest absolute Gasteiger partial charge is 0.347 e. The van der Waals surface area contributed by atoms with Crippen molar-refractivity contribution in [3.8, 4) is 16.3 Å². The first-order valence-electron chi connectivity index (χ1n) is 7.76. The molecular formula is C18H15N5OS. The number of nitrogens with one attached hydrogen (secondary N) is 2. The molecule has 3 heterocycles. The van der Waals surface area contributed by atoms with Crippen molar-refractivity contribution in [2.45, 2.75) is 6.54 Å². The number of carbonyl (C=O) groups is 1. The Bertz CT molecular complexity index is 956. The summed E-state index contributed by atoms with van der Waals surface area (Å²) in [6.07, 6.45) is 3.63. The van der Waals surface area contributed by atoms with Crippen LogP contribution in [0.3, 0.4) is 0 Å². The van der Waals surface area contributed by atoms with E-state index in [4.69, 9.17) is 0 Å². The quantitative estimate of drug-likeness (QED) is 0.581. The molecule has 0 aliphatic heterocycles. The van der Waals surface area contributed by atoms with Gasteiger partial charge in [0.25, 0.3) is 5.91 Å². The van der Waals surface area contributed by atoms with Gasteiger partial charge in [0, 0.05) is 18.9 Å². The van der Waals surface area contributed by atoms with E-state index in [2.05, 4.69) is 20.6 Å². The number of amides is 1. The van der Waals surface area contributed by atoms with E-state index in [1.807, 2.05) is 54.0 Å². The predicted molar refractivity (Wildman–Crippen MR) is 96.6 cm³/mol. The maximum absolute atomic E-state index is 12.3. The van der Waals surface area contributed by atoms with E-state index in [0.717, 1.165) is 21.8 Å². The van der Waals surface area contributed by atoms with Crippen LogP contribution in [-0.4, -0.2) is 25.9 Å². The molecule has 0 aliphatic rings. The number of nitrogens with zero attached hydrogens (tertiary/aromatic N) is 3. The number of carbonyl (C=O) groups excluding carboxylic acids is 1. The van der Waals surface area contributed by atoms with Crippen LogP contribution in [0.4, 0.5) is 0 Å². The summed E-state index contributed by atoms with van der Waals surface area (Å²) in [6.45, 7) is 0.444. The molecule has 4 aromatic rings. The first-order chi connectivity index (χ1) is 12.3. The van der Waals surface area contributed by atoms with Gasteiger partial charge in [-0.05, 0) is 41.3 Å². The van der Waals surface area contributed by atoms with Crippen molar-refractivity contribution < 1.29 is 4.79 Å². The number of benzene rings is 1. The lowest BCUT2D eigenvalue weighted by atomic mass is 10.2. The van der Waals surface area contributed by atoms with Crippen LogP contribution < -0.4 is 5.32 Å². The number of thiophene rings is 1. The molecule has 0 fully saturated rings. The zero-order valence-electron chi connectivity index (χ0n) is 13.2. The second kappa shape index (κ2) is 6.74. The highest BCUT2D eigenvalue weighted by molar-refractivity contribution is 7.13. The van der Waals surface area contributed by atoms with Crippen LogP contribution >= 0.6 is 11.3 Å². The van der Waals surface area contributed by atoms with Crippen LogP contribution in [0.5, 0.6) is 0 Å². The minimum Gasteiger partial charge on any atom is -0.347 e. The Morgan fingerprint density at radius 3 is 2.80 bits per heavy atom. The smallest absolute Gasteiger partial charge is 0.272 e. The second-order valence-corrected chi connectivity index (χ2v) is 6.39. The third-order valence-corrected chi connectivity index (χ3v) is 4.66. The standard InChI is InChI=1S/C18H15N5OS/c24-18(16-11-15(21-22-16)17-3-1-10-25-17)19-12-13-4-6-14(7-5-13)23-9-2-8-20-23/h1-11H,12H2,(H,19,24)(H,21,22). The highest BCUT2D eigenvalue weighted by Crippen LogP contribution is 2.22. The molecule has 1 aromatic carbocycles. The van der Waals surface area contributed by atoms with Crippen molar-refractivity contribution in [1.82, 2.24) is 25.3 Å². The Labute approximate surface area is 148 Å². The van der Waals surface area contributed by atoms with E-state index in [9.17, 15) is 4.79 Å². The molecule has 0 saturated carbocycles. The molecule has 0 atom stereocenters. The molecular weight excluding hydrogens is 334 g/mol. The van der Waals surface area contributed by atoms with Gasteiger partial charge < -0.3 is 5.32 Å². The van der Waals surface area contributed by atoms with Crippen molar-refractivity contribution >= 4 is 17.2 Å². The van der Waals surface area contributed by atoms with Crippen molar-refractivity contribution in [1.29, 1.82) is 0 Å². The van der Waals surface area contributed by atoms with E-state index in [0.29, 0.717) is 12.2 Å². The maximum Gasteiger partial charge on any atom is 0.272 e. The minimum absolute atomic E-state index is 0.199. The number of hydrogen-bond acceptors (Lipinski definition) is 4. The van der Waals surface area contributed by atoms with Gasteiger partial charge in [-0.2, -0.15) is 10.2 Å². The molecule has 3 aromatic heterocycles. The van der Waals surface area contributed by atoms with Gasteiger partial charge >= 0.3 is 0 Å². The van der Waals surface area contributed by atoms with Crippen molar-refractivity contribution in [3.05, 3.63) is 77.6 Å². The summed E-state index contributed by atoms with van der Waals surface area (Å²) in [4.78, 5) is 13.3. The lowest BCUT2D eigenvalue weighted by molar-refractivity contribution is 0.0946. The normalized spacial score (nSPS) is 10.7. The molecule has 0 radical (unpaired) electrons. The fourth-order valence-electron chi connectivity index (χ4n) is 2.46. The van der Waals surface area contributed by atoms with E-state index >= 15 is 0 Å². The Morgan fingerprint density at radius 1 is 1.20 bits per heavy atom. The molecule has 124 valence electrons. The number of rotatable bonds is 5. The van der Waals surface area contributed by atoms with Crippen LogP contribution in [0, 0.1) is 0 Å². The fourth-order valence-corrected chi connectivity index (χ4v) is 3.15. The molecule has 25 heavy (non-hydrogen) atoms. The lowest BCUT2D eigenvalue weighted by Crippen LogP contribution is -2.23. The van der Waals surface area contributed by atoms with E-state index in [-0.39, 0.29) is 5.91 Å². The second-order valence-electron chi connectivity index (χ2n) is 5.44. The summed E-state index contributed by atoms with van der Waals surface area (Å²) in [5.74, 6) is -0.199. The summed E-state index contributed by atoms with van der Waals surface area (Å²) < 4.78 is 1.79. The lowest BCUT2D eigenvalue weighted by Gasteiger charge is -2.05. The summed E-state index contributed by atoms with van der Waals surface area (Å²) >= 11 is 1.60. The van der Waals surface area contributed by atoms with Crippen LogP contribution in [0.25, 0.3) is 16.3 Å². The van der Waals surface area contributed by atoms with Gasteiger partial charge in [-0.3, -0.25) is 9.89 Å². The number of hydrogen-bond donors (Lipinski definition) is 2.